The molecule has 1 aromatic carbocycles. The summed E-state index contributed by atoms with van der Waals surface area (Å²) < 4.78 is 9.76. The summed E-state index contributed by atoms with van der Waals surface area (Å²) in [4.78, 5) is 13.9. The van der Waals surface area contributed by atoms with Crippen LogP contribution in [0.15, 0.2) is 17.1 Å². The molecule has 0 bridgehead atoms. The van der Waals surface area contributed by atoms with Crippen LogP contribution in [0.1, 0.15) is 16.7 Å². The minimum absolute atomic E-state index is 0.0867. The lowest BCUT2D eigenvalue weighted by molar-refractivity contribution is -0.240. The summed E-state index contributed by atoms with van der Waals surface area (Å²) in [6.45, 7) is 3.67. The van der Waals surface area contributed by atoms with Gasteiger partial charge in [0, 0.05) is 12.8 Å². The maximum atomic E-state index is 11.1. The average molecular weight is 246 g/mol. The molecule has 6 heteroatoms. The summed E-state index contributed by atoms with van der Waals surface area (Å²) in [6.07, 6.45) is -0.651. The molecule has 0 aliphatic rings. The van der Waals surface area contributed by atoms with Gasteiger partial charge in [-0.1, -0.05) is 12.1 Å². The number of carbonyl (C=O) groups is 1. The van der Waals surface area contributed by atoms with Crippen molar-refractivity contribution < 1.29 is 19.4 Å². The summed E-state index contributed by atoms with van der Waals surface area (Å²) in [7, 11) is 6.25. The van der Waals surface area contributed by atoms with E-state index in [1.807, 2.05) is 0 Å². The number of benzene rings is 1. The van der Waals surface area contributed by atoms with Crippen molar-refractivity contribution in [3.63, 3.8) is 0 Å². The number of ether oxygens (including phenoxy) is 2. The van der Waals surface area contributed by atoms with Crippen molar-refractivity contribution in [1.29, 1.82) is 0 Å². The number of hydrogen-bond donors (Lipinski definition) is 0. The number of carbonyl (C=O) groups excluding carboxylic acids is 1. The van der Waals surface area contributed by atoms with E-state index in [2.05, 4.69) is 4.99 Å². The molecule has 0 spiro atoms. The zero-order chi connectivity index (χ0) is 13.7. The second kappa shape index (κ2) is 6.09. The molecule has 18 heavy (non-hydrogen) atoms. The van der Waals surface area contributed by atoms with Crippen LogP contribution in [0.25, 0.3) is 0 Å². The summed E-state index contributed by atoms with van der Waals surface area (Å²) in [5, 5.41) is 11.1. The molecule has 0 unspecified atom stereocenters. The Bertz CT molecular complexity index is 462. The van der Waals surface area contributed by atoms with Gasteiger partial charge in [-0.05, 0) is 30.5 Å². The monoisotopic (exact) mass is 246 g/mol. The lowest BCUT2D eigenvalue weighted by Crippen LogP contribution is -2.25. The molecule has 1 aromatic rings. The van der Waals surface area contributed by atoms with Crippen molar-refractivity contribution in [3.05, 3.63) is 28.8 Å². The van der Waals surface area contributed by atoms with Gasteiger partial charge in [0.2, 0.25) is 13.7 Å². The molecule has 1 rings (SSSR count). The van der Waals surface area contributed by atoms with E-state index < -0.39 is 12.0 Å². The van der Waals surface area contributed by atoms with Crippen LogP contribution in [0.5, 0.6) is 5.75 Å². The Morgan fingerprint density at radius 2 is 1.94 bits per heavy atom. The van der Waals surface area contributed by atoms with Crippen LogP contribution in [0.4, 0.5) is 4.79 Å². The van der Waals surface area contributed by atoms with Gasteiger partial charge in [0.15, 0.2) is 0 Å². The Hall–Kier alpha value is -1.98. The topological polar surface area (TPSA) is 71.0 Å². The van der Waals surface area contributed by atoms with Crippen LogP contribution in [0.2, 0.25) is 0 Å². The van der Waals surface area contributed by atoms with Gasteiger partial charge in [0.1, 0.15) is 12.7 Å². The molecule has 0 saturated carbocycles. The van der Waals surface area contributed by atoms with E-state index in [9.17, 15) is 9.90 Å². The zero-order valence-corrected chi connectivity index (χ0v) is 10.5. The summed E-state index contributed by atoms with van der Waals surface area (Å²) in [5.74, 6) is -0.362. The van der Waals surface area contributed by atoms with Crippen molar-refractivity contribution in [2.75, 3.05) is 7.05 Å². The lowest BCUT2D eigenvalue weighted by atomic mass is 10.1. The second-order valence-electron chi connectivity index (χ2n) is 3.76. The van der Waals surface area contributed by atoms with E-state index in [-0.39, 0.29) is 6.61 Å². The number of aliphatic imine (C=N–C) groups is 1. The van der Waals surface area contributed by atoms with Gasteiger partial charge in [-0.25, -0.2) is 0 Å². The van der Waals surface area contributed by atoms with Crippen LogP contribution in [0.3, 0.4) is 0 Å². The lowest BCUT2D eigenvalue weighted by Gasteiger charge is -2.20. The molecular weight excluding hydrogens is 233 g/mol. The third-order valence-corrected chi connectivity index (χ3v) is 2.27. The Kier molecular flexibility index (Phi) is 4.77. The van der Waals surface area contributed by atoms with Crippen LogP contribution in [-0.2, 0) is 11.3 Å². The number of rotatable bonds is 3. The highest BCUT2D eigenvalue weighted by molar-refractivity contribution is 6.55. The van der Waals surface area contributed by atoms with Gasteiger partial charge < -0.3 is 14.6 Å². The Labute approximate surface area is 107 Å². The van der Waals surface area contributed by atoms with E-state index in [0.29, 0.717) is 5.75 Å². The molecular formula is C12H13BNO4-. The normalized spacial score (nSPS) is 11.2. The fourth-order valence-corrected chi connectivity index (χ4v) is 1.57. The van der Waals surface area contributed by atoms with E-state index in [1.165, 1.54) is 7.05 Å². The SMILES string of the molecule is [B]C(=O)OCc1cc(C)c(OC([O-])=NC)c(C)c1. The van der Waals surface area contributed by atoms with Crippen molar-refractivity contribution in [1.82, 2.24) is 0 Å². The average Bonchev–Trinajstić information content (AvgIpc) is 2.30. The molecule has 94 valence electrons. The molecule has 0 aromatic heterocycles. The first-order valence-corrected chi connectivity index (χ1v) is 5.28. The molecule has 0 heterocycles. The number of nitrogens with zero attached hydrogens (tertiary/aromatic N) is 1. The van der Waals surface area contributed by atoms with Crippen molar-refractivity contribution in [2.24, 2.45) is 4.99 Å². The maximum Gasteiger partial charge on any atom is 0.236 e. The Morgan fingerprint density at radius 3 is 2.39 bits per heavy atom. The predicted octanol–water partition coefficient (Wildman–Crippen LogP) is 0.833. The van der Waals surface area contributed by atoms with Gasteiger partial charge in [0.05, 0.1) is 0 Å². The van der Waals surface area contributed by atoms with Gasteiger partial charge >= 0.3 is 0 Å². The van der Waals surface area contributed by atoms with Crippen LogP contribution < -0.4 is 9.84 Å². The standard InChI is InChI=1S/C12H14BNO4/c1-7-4-9(6-17-11(13)15)5-8(2)10(7)18-12(16)14-3/h4-5H,6H2,1-3H3,(H,14,16)/p-1. The second-order valence-corrected chi connectivity index (χ2v) is 3.76. The third-order valence-electron chi connectivity index (χ3n) is 2.27. The third kappa shape index (κ3) is 3.80. The summed E-state index contributed by atoms with van der Waals surface area (Å²) in [6, 6.07) is 3.52. The molecule has 0 atom stereocenters. The molecule has 0 saturated heterocycles. The largest absolute Gasteiger partial charge is 0.566 e. The first-order chi connectivity index (χ1) is 8.43. The summed E-state index contributed by atoms with van der Waals surface area (Å²) in [5.41, 5.74) is 2.29. The molecule has 0 fully saturated rings. The first-order valence-electron chi connectivity index (χ1n) is 5.28. The van der Waals surface area contributed by atoms with E-state index >= 15 is 0 Å². The highest BCUT2D eigenvalue weighted by Crippen LogP contribution is 2.25. The fraction of sp³-hybridized carbons (Fsp3) is 0.333. The van der Waals surface area contributed by atoms with Gasteiger partial charge in [0.25, 0.3) is 0 Å². The molecule has 2 radical (unpaired) electrons. The maximum absolute atomic E-state index is 11.1. The molecule has 0 aliphatic heterocycles. The van der Waals surface area contributed by atoms with Crippen LogP contribution in [-0.4, -0.2) is 26.8 Å². The number of aryl methyl sites for hydroxylation is 2. The van der Waals surface area contributed by atoms with Gasteiger partial charge in [-0.2, -0.15) is 0 Å². The van der Waals surface area contributed by atoms with E-state index in [1.54, 1.807) is 26.0 Å². The summed E-state index contributed by atoms with van der Waals surface area (Å²) >= 11 is 0. The highest BCUT2D eigenvalue weighted by atomic mass is 16.6. The van der Waals surface area contributed by atoms with Crippen LogP contribution >= 0.6 is 0 Å². The minimum atomic E-state index is -0.828. The van der Waals surface area contributed by atoms with Gasteiger partial charge in [-0.3, -0.25) is 9.79 Å². The predicted molar refractivity (Wildman–Crippen MR) is 65.8 cm³/mol. The van der Waals surface area contributed by atoms with Gasteiger partial charge in [-0.15, -0.1) is 0 Å². The highest BCUT2D eigenvalue weighted by Gasteiger charge is 2.04. The van der Waals surface area contributed by atoms with Crippen molar-refractivity contribution in [2.45, 2.75) is 20.5 Å². The van der Waals surface area contributed by atoms with Crippen LogP contribution in [0, 0.1) is 13.8 Å². The van der Waals surface area contributed by atoms with E-state index in [0.717, 1.165) is 16.7 Å². The minimum Gasteiger partial charge on any atom is -0.566 e. The smallest absolute Gasteiger partial charge is 0.236 e. The fourth-order valence-electron chi connectivity index (χ4n) is 1.57. The molecule has 0 N–H and O–H groups in total. The molecule has 0 amide bonds. The molecule has 5 nitrogen and oxygen atoms in total. The van der Waals surface area contributed by atoms with Crippen molar-refractivity contribution in [3.8, 4) is 5.75 Å². The number of hydrogen-bond acceptors (Lipinski definition) is 5. The first kappa shape index (κ1) is 14.1. The Morgan fingerprint density at radius 1 is 1.39 bits per heavy atom. The molecule has 0 aliphatic carbocycles. The van der Waals surface area contributed by atoms with E-state index in [4.69, 9.17) is 17.3 Å². The Balaban J connectivity index is 2.93. The quantitative estimate of drug-likeness (QED) is 0.450. The van der Waals surface area contributed by atoms with Crippen molar-refractivity contribution >= 4 is 19.8 Å². The zero-order valence-electron chi connectivity index (χ0n) is 10.5.